The highest BCUT2D eigenvalue weighted by Gasteiger charge is 1.99. The quantitative estimate of drug-likeness (QED) is 0.448. The molecule has 0 aliphatic heterocycles. The Morgan fingerprint density at radius 3 is 2.00 bits per heavy atom. The van der Waals surface area contributed by atoms with Crippen molar-refractivity contribution < 1.29 is 4.79 Å². The molecule has 3 aromatic carbocycles. The summed E-state index contributed by atoms with van der Waals surface area (Å²) in [4.78, 5) is 11.8. The van der Waals surface area contributed by atoms with Crippen LogP contribution < -0.4 is 16.1 Å². The van der Waals surface area contributed by atoms with E-state index in [1.807, 2.05) is 84.9 Å². The predicted octanol–water partition coefficient (Wildman–Crippen LogP) is 3.99. The number of nitrogens with one attached hydrogen (secondary N) is 3. The van der Waals surface area contributed by atoms with E-state index in [9.17, 15) is 4.79 Å². The molecule has 0 spiro atoms. The van der Waals surface area contributed by atoms with Crippen molar-refractivity contribution >= 4 is 29.2 Å². The molecule has 0 aliphatic rings. The van der Waals surface area contributed by atoms with Gasteiger partial charge in [0.2, 0.25) is 0 Å². The highest BCUT2D eigenvalue weighted by Crippen LogP contribution is 2.15. The van der Waals surface area contributed by atoms with Gasteiger partial charge in [0.05, 0.1) is 12.8 Å². The number of hydrogen-bond acceptors (Lipinski definition) is 4. The molecule has 3 rings (SSSR count). The second-order valence-corrected chi connectivity index (χ2v) is 5.63. The monoisotopic (exact) mass is 344 g/mol. The molecule has 0 bridgehead atoms. The van der Waals surface area contributed by atoms with Gasteiger partial charge in [-0.1, -0.05) is 48.5 Å². The smallest absolute Gasteiger partial charge is 0.259 e. The third kappa shape index (κ3) is 5.49. The number of para-hydroxylation sites is 2. The Labute approximate surface area is 152 Å². The summed E-state index contributed by atoms with van der Waals surface area (Å²) in [7, 11) is 0. The molecule has 3 aromatic rings. The molecule has 0 atom stereocenters. The molecule has 0 saturated carbocycles. The summed E-state index contributed by atoms with van der Waals surface area (Å²) in [6, 6.07) is 27.3. The molecular formula is C21H20N4O. The topological polar surface area (TPSA) is 65.5 Å². The minimum atomic E-state index is -0.201. The van der Waals surface area contributed by atoms with Gasteiger partial charge in [-0.05, 0) is 42.0 Å². The predicted molar refractivity (Wildman–Crippen MR) is 107 cm³/mol. The first-order valence-corrected chi connectivity index (χ1v) is 8.32. The van der Waals surface area contributed by atoms with Crippen molar-refractivity contribution in [2.24, 2.45) is 5.10 Å². The maximum Gasteiger partial charge on any atom is 0.259 e. The maximum atomic E-state index is 11.8. The Morgan fingerprint density at radius 1 is 0.769 bits per heavy atom. The summed E-state index contributed by atoms with van der Waals surface area (Å²) in [6.07, 6.45) is 1.62. The van der Waals surface area contributed by atoms with Gasteiger partial charge >= 0.3 is 0 Å². The van der Waals surface area contributed by atoms with Crippen LogP contribution in [-0.2, 0) is 4.79 Å². The second-order valence-electron chi connectivity index (χ2n) is 5.63. The number of amides is 1. The fourth-order valence-electron chi connectivity index (χ4n) is 2.30. The lowest BCUT2D eigenvalue weighted by Crippen LogP contribution is -2.25. The molecule has 0 radical (unpaired) electrons. The van der Waals surface area contributed by atoms with Crippen molar-refractivity contribution in [2.75, 3.05) is 17.2 Å². The minimum absolute atomic E-state index is 0.168. The average Bonchev–Trinajstić information content (AvgIpc) is 2.69. The molecule has 0 saturated heterocycles. The van der Waals surface area contributed by atoms with Crippen LogP contribution in [0.5, 0.6) is 0 Å². The number of rotatable bonds is 7. The van der Waals surface area contributed by atoms with E-state index in [2.05, 4.69) is 21.2 Å². The highest BCUT2D eigenvalue weighted by molar-refractivity contribution is 5.84. The van der Waals surface area contributed by atoms with Crippen LogP contribution in [0.25, 0.3) is 0 Å². The molecule has 5 heteroatoms. The van der Waals surface area contributed by atoms with E-state index < -0.39 is 0 Å². The van der Waals surface area contributed by atoms with E-state index in [0.717, 1.165) is 22.6 Å². The van der Waals surface area contributed by atoms with Crippen LogP contribution in [-0.4, -0.2) is 18.7 Å². The summed E-state index contributed by atoms with van der Waals surface area (Å²) in [5.74, 6) is -0.201. The van der Waals surface area contributed by atoms with E-state index in [-0.39, 0.29) is 12.5 Å². The Morgan fingerprint density at radius 2 is 1.35 bits per heavy atom. The molecule has 130 valence electrons. The van der Waals surface area contributed by atoms with Crippen LogP contribution in [0.1, 0.15) is 5.56 Å². The maximum absolute atomic E-state index is 11.8. The third-order valence-corrected chi connectivity index (χ3v) is 3.60. The first-order chi connectivity index (χ1) is 12.8. The summed E-state index contributed by atoms with van der Waals surface area (Å²) >= 11 is 0. The van der Waals surface area contributed by atoms with Crippen LogP contribution in [0.4, 0.5) is 17.1 Å². The average molecular weight is 344 g/mol. The Kier molecular flexibility index (Phi) is 5.99. The molecular weight excluding hydrogens is 324 g/mol. The van der Waals surface area contributed by atoms with Crippen molar-refractivity contribution in [1.29, 1.82) is 0 Å². The summed E-state index contributed by atoms with van der Waals surface area (Å²) in [6.45, 7) is 0.168. The molecule has 0 fully saturated rings. The Bertz CT molecular complexity index is 846. The number of nitrogens with zero attached hydrogens (tertiary/aromatic N) is 1. The molecule has 0 unspecified atom stereocenters. The van der Waals surface area contributed by atoms with E-state index in [0.29, 0.717) is 0 Å². The number of hydrazone groups is 1. The zero-order valence-electron chi connectivity index (χ0n) is 14.2. The normalized spacial score (nSPS) is 10.5. The molecule has 0 aromatic heterocycles. The molecule has 1 amide bonds. The number of carbonyl (C=O) groups excluding carboxylic acids is 1. The molecule has 5 nitrogen and oxygen atoms in total. The minimum Gasteiger partial charge on any atom is -0.376 e. The van der Waals surface area contributed by atoms with Crippen LogP contribution in [0.15, 0.2) is 90.0 Å². The van der Waals surface area contributed by atoms with Crippen molar-refractivity contribution in [2.45, 2.75) is 0 Å². The fraction of sp³-hybridized carbons (Fsp3) is 0.0476. The number of carbonyl (C=O) groups is 1. The van der Waals surface area contributed by atoms with Crippen LogP contribution in [0, 0.1) is 0 Å². The first-order valence-electron chi connectivity index (χ1n) is 8.32. The molecule has 0 aliphatic carbocycles. The largest absolute Gasteiger partial charge is 0.376 e. The van der Waals surface area contributed by atoms with Gasteiger partial charge < -0.3 is 10.6 Å². The van der Waals surface area contributed by atoms with E-state index in [1.165, 1.54) is 0 Å². The van der Waals surface area contributed by atoms with Gasteiger partial charge in [-0.25, -0.2) is 5.43 Å². The van der Waals surface area contributed by atoms with Crippen LogP contribution >= 0.6 is 0 Å². The van der Waals surface area contributed by atoms with Gasteiger partial charge in [0.25, 0.3) is 5.91 Å². The standard InChI is InChI=1S/C21H20N4O/c26-21(16-22-18-7-3-1-4-8-18)25-23-15-17-11-13-20(14-12-17)24-19-9-5-2-6-10-19/h1-15,22,24H,16H2,(H,25,26)/b23-15-. The van der Waals surface area contributed by atoms with Gasteiger partial charge in [-0.3, -0.25) is 4.79 Å². The van der Waals surface area contributed by atoms with Crippen LogP contribution in [0.2, 0.25) is 0 Å². The van der Waals surface area contributed by atoms with Gasteiger partial charge in [-0.2, -0.15) is 5.10 Å². The van der Waals surface area contributed by atoms with Crippen molar-refractivity contribution in [3.05, 3.63) is 90.5 Å². The SMILES string of the molecule is O=C(CNc1ccccc1)N/N=C\c1ccc(Nc2ccccc2)cc1. The van der Waals surface area contributed by atoms with Crippen LogP contribution in [0.3, 0.4) is 0 Å². The molecule has 0 heterocycles. The number of hydrogen-bond donors (Lipinski definition) is 3. The van der Waals surface area contributed by atoms with Gasteiger partial charge in [0.1, 0.15) is 0 Å². The zero-order chi connectivity index (χ0) is 18.0. The number of anilines is 3. The van der Waals surface area contributed by atoms with E-state index >= 15 is 0 Å². The Balaban J connectivity index is 1.45. The Hall–Kier alpha value is -3.60. The van der Waals surface area contributed by atoms with Crippen molar-refractivity contribution in [3.8, 4) is 0 Å². The third-order valence-electron chi connectivity index (χ3n) is 3.60. The summed E-state index contributed by atoms with van der Waals surface area (Å²) in [5, 5.41) is 10.3. The zero-order valence-corrected chi connectivity index (χ0v) is 14.2. The number of benzene rings is 3. The van der Waals surface area contributed by atoms with Gasteiger partial charge in [0, 0.05) is 17.1 Å². The van der Waals surface area contributed by atoms with Crippen molar-refractivity contribution in [3.63, 3.8) is 0 Å². The molecule has 26 heavy (non-hydrogen) atoms. The van der Waals surface area contributed by atoms with E-state index in [4.69, 9.17) is 0 Å². The second kappa shape index (κ2) is 9.03. The molecule has 3 N–H and O–H groups in total. The summed E-state index contributed by atoms with van der Waals surface area (Å²) in [5.41, 5.74) is 6.33. The lowest BCUT2D eigenvalue weighted by Gasteiger charge is -2.06. The van der Waals surface area contributed by atoms with E-state index in [1.54, 1.807) is 6.21 Å². The summed E-state index contributed by atoms with van der Waals surface area (Å²) < 4.78 is 0. The first kappa shape index (κ1) is 17.2. The lowest BCUT2D eigenvalue weighted by atomic mass is 10.2. The lowest BCUT2D eigenvalue weighted by molar-refractivity contribution is -0.119. The van der Waals surface area contributed by atoms with Crippen molar-refractivity contribution in [1.82, 2.24) is 5.43 Å². The highest BCUT2D eigenvalue weighted by atomic mass is 16.2. The van der Waals surface area contributed by atoms with Gasteiger partial charge in [0.15, 0.2) is 0 Å². The van der Waals surface area contributed by atoms with Gasteiger partial charge in [-0.15, -0.1) is 0 Å². The fourth-order valence-corrected chi connectivity index (χ4v) is 2.30.